The third-order valence-electron chi connectivity index (χ3n) is 10.1. The van der Waals surface area contributed by atoms with Gasteiger partial charge in [-0.1, -0.05) is 91.0 Å². The molecule has 0 saturated heterocycles. The van der Waals surface area contributed by atoms with Gasteiger partial charge in [0.15, 0.2) is 11.2 Å². The zero-order valence-corrected chi connectivity index (χ0v) is 49.0. The van der Waals surface area contributed by atoms with Crippen LogP contribution in [0, 0.1) is 0 Å². The molecule has 0 aromatic heterocycles. The second kappa shape index (κ2) is 27.4. The summed E-state index contributed by atoms with van der Waals surface area (Å²) >= 11 is 34.6. The SMILES string of the molecule is CC(C)(O)c1ccc([Si](Cl)(Cl)Cl)cc1.CC(O)(c1cccc([Si](Cl)(Cl)Cl)c1)C(F)(F)F.CO.CO[Si](OC)(OC)c1ccc(C(C)(C)O)cc1.CO[Si](OC)(OC)c1cccc(C(C)(O)C(F)(F)F)c1. The average Bonchev–Trinajstić information content (AvgIpc) is 3.28. The summed E-state index contributed by atoms with van der Waals surface area (Å²) in [5.74, 6) is 0. The van der Waals surface area contributed by atoms with Crippen molar-refractivity contribution >= 4 is 117 Å². The highest BCUT2D eigenvalue weighted by atomic mass is 35.8. The van der Waals surface area contributed by atoms with E-state index in [2.05, 4.69) is 0 Å². The topological polar surface area (TPSA) is 157 Å². The third kappa shape index (κ3) is 19.1. The number of aliphatic hydroxyl groups is 5. The molecule has 0 heterocycles. The number of rotatable bonds is 14. The molecule has 0 aliphatic carbocycles. The van der Waals surface area contributed by atoms with Crippen LogP contribution in [0.5, 0.6) is 0 Å². The number of hydrogen-bond acceptors (Lipinski definition) is 11. The van der Waals surface area contributed by atoms with Crippen LogP contribution in [0.25, 0.3) is 0 Å². The van der Waals surface area contributed by atoms with Gasteiger partial charge in [-0.2, -0.15) is 26.3 Å². The molecule has 0 radical (unpaired) electrons. The summed E-state index contributed by atoms with van der Waals surface area (Å²) in [6.45, 7) is 8.28. The van der Waals surface area contributed by atoms with Gasteiger partial charge in [-0.3, -0.25) is 0 Å². The van der Waals surface area contributed by atoms with E-state index < -0.39 is 64.4 Å². The fraction of sp³-hybridized carbons (Fsp3) is 0.442. The molecule has 0 amide bonds. The molecule has 0 fully saturated rings. The Morgan fingerprint density at radius 3 is 0.886 bits per heavy atom. The Labute approximate surface area is 438 Å². The van der Waals surface area contributed by atoms with Gasteiger partial charge in [0.2, 0.25) is 0 Å². The number of hydrogen-bond donors (Lipinski definition) is 5. The van der Waals surface area contributed by atoms with Gasteiger partial charge in [0.05, 0.1) is 11.2 Å². The van der Waals surface area contributed by atoms with Crippen LogP contribution >= 0.6 is 66.5 Å². The summed E-state index contributed by atoms with van der Waals surface area (Å²) < 4.78 is 108. The molecule has 5 N–H and O–H groups in total. The Kier molecular flexibility index (Phi) is 26.9. The standard InChI is InChI=1S/C12H17F3O4Si.C12H20O4Si.C9H8Cl3F3OSi.C9H11Cl3OSi.CH4O/c1-11(16,12(13,14)15)9-6-5-7-10(8-9)20(17-2,18-3)19-4;1-12(2,13)10-6-8-11(9-7-10)17(14-3,15-4)16-5;1-8(16,9(13,14)15)6-3-2-4-7(5-6)17(10,11)12;1-9(2,13)7-3-5-8(6-4-7)14(10,11)12;1-2/h5-8,16H,1-4H3;6-9,13H,1-5H3;2-5,16H,1H3;3-6,13H,1-2H3;2H,1H3. The highest BCUT2D eigenvalue weighted by Crippen LogP contribution is 2.39. The smallest absolute Gasteiger partial charge is 0.400 e. The molecule has 4 rings (SSSR count). The van der Waals surface area contributed by atoms with Crippen molar-refractivity contribution in [2.75, 3.05) is 49.8 Å². The molecule has 11 nitrogen and oxygen atoms in total. The zero-order valence-electron chi connectivity index (χ0n) is 40.5. The Bertz CT molecular complexity index is 2100. The van der Waals surface area contributed by atoms with E-state index in [1.54, 1.807) is 79.4 Å². The van der Waals surface area contributed by atoms with Crippen molar-refractivity contribution in [1.82, 2.24) is 0 Å². The summed E-state index contributed by atoms with van der Waals surface area (Å²) in [4.78, 5) is 0. The maximum atomic E-state index is 12.9. The number of aliphatic hydroxyl groups excluding tert-OH is 1. The molecular weight excluding hydrogens is 1130 g/mol. The first-order chi connectivity index (χ1) is 31.7. The van der Waals surface area contributed by atoms with Crippen LogP contribution < -0.4 is 20.7 Å². The van der Waals surface area contributed by atoms with Crippen LogP contribution in [0.3, 0.4) is 0 Å². The van der Waals surface area contributed by atoms with Crippen LogP contribution in [0.4, 0.5) is 26.3 Å². The highest BCUT2D eigenvalue weighted by molar-refractivity contribution is 7.70. The van der Waals surface area contributed by atoms with Crippen LogP contribution in [0.2, 0.25) is 0 Å². The molecule has 0 spiro atoms. The Morgan fingerprint density at radius 2 is 0.629 bits per heavy atom. The number of benzene rings is 4. The molecule has 2 atom stereocenters. The van der Waals surface area contributed by atoms with Crippen molar-refractivity contribution in [3.63, 3.8) is 0 Å². The van der Waals surface area contributed by atoms with Gasteiger partial charge in [-0.25, -0.2) is 0 Å². The lowest BCUT2D eigenvalue weighted by Crippen LogP contribution is -2.55. The maximum Gasteiger partial charge on any atom is 0.536 e. The molecule has 398 valence electrons. The fourth-order valence-electron chi connectivity index (χ4n) is 5.69. The Morgan fingerprint density at radius 1 is 0.371 bits per heavy atom. The minimum absolute atomic E-state index is 0.199. The maximum absolute atomic E-state index is 12.9. The lowest BCUT2D eigenvalue weighted by atomic mass is 9.96. The van der Waals surface area contributed by atoms with E-state index in [1.165, 1.54) is 51.7 Å². The van der Waals surface area contributed by atoms with Gasteiger partial charge < -0.3 is 52.1 Å². The van der Waals surface area contributed by atoms with Crippen LogP contribution in [0.1, 0.15) is 63.8 Å². The molecule has 70 heavy (non-hydrogen) atoms. The van der Waals surface area contributed by atoms with Crippen molar-refractivity contribution < 1.29 is 78.4 Å². The molecule has 0 aliphatic heterocycles. The lowest BCUT2D eigenvalue weighted by Gasteiger charge is -2.29. The minimum Gasteiger partial charge on any atom is -0.400 e. The molecule has 4 aromatic rings. The summed E-state index contributed by atoms with van der Waals surface area (Å²) in [5.41, 5.74) is -6.63. The quantitative estimate of drug-likeness (QED) is 0.0471. The van der Waals surface area contributed by atoms with E-state index in [9.17, 15) is 46.8 Å². The van der Waals surface area contributed by atoms with Gasteiger partial charge >= 0.3 is 42.0 Å². The van der Waals surface area contributed by atoms with Crippen molar-refractivity contribution in [3.05, 3.63) is 119 Å². The van der Waals surface area contributed by atoms with Crippen molar-refractivity contribution in [3.8, 4) is 0 Å². The van der Waals surface area contributed by atoms with Gasteiger partial charge in [-0.05, 0) is 80.2 Å². The summed E-state index contributed by atoms with van der Waals surface area (Å²) in [5, 5.41) is 47.9. The van der Waals surface area contributed by atoms with Gasteiger partial charge in [-0.15, -0.1) is 66.5 Å². The summed E-state index contributed by atoms with van der Waals surface area (Å²) in [6.07, 6.45) is -9.58. The van der Waals surface area contributed by atoms with Gasteiger partial charge in [0.25, 0.3) is 0 Å². The molecule has 0 bridgehead atoms. The molecule has 4 aromatic carbocycles. The summed E-state index contributed by atoms with van der Waals surface area (Å²) in [7, 11) is 3.78. The van der Waals surface area contributed by atoms with Crippen molar-refractivity contribution in [2.24, 2.45) is 0 Å². The first kappa shape index (κ1) is 68.6. The van der Waals surface area contributed by atoms with E-state index in [1.807, 2.05) is 24.3 Å². The van der Waals surface area contributed by atoms with E-state index in [4.69, 9.17) is 98.1 Å². The van der Waals surface area contributed by atoms with Crippen molar-refractivity contribution in [2.45, 2.75) is 76.3 Å². The first-order valence-corrected chi connectivity index (χ1v) is 33.6. The molecular formula is C43H60Cl6F6O11Si4. The van der Waals surface area contributed by atoms with E-state index in [0.29, 0.717) is 19.0 Å². The van der Waals surface area contributed by atoms with Crippen LogP contribution in [-0.4, -0.2) is 117 Å². The lowest BCUT2D eigenvalue weighted by molar-refractivity contribution is -0.259. The monoisotopic (exact) mass is 1190 g/mol. The number of halogens is 12. The number of alkyl halides is 6. The zero-order chi connectivity index (χ0) is 55.2. The molecule has 2 unspecified atom stereocenters. The predicted molar refractivity (Wildman–Crippen MR) is 274 cm³/mol. The molecule has 0 saturated carbocycles. The second-order valence-electron chi connectivity index (χ2n) is 15.9. The van der Waals surface area contributed by atoms with Crippen LogP contribution in [0.15, 0.2) is 97.1 Å². The van der Waals surface area contributed by atoms with E-state index in [0.717, 1.165) is 40.7 Å². The highest BCUT2D eigenvalue weighted by Gasteiger charge is 2.53. The minimum atomic E-state index is -4.79. The van der Waals surface area contributed by atoms with Crippen molar-refractivity contribution in [1.29, 1.82) is 0 Å². The normalized spacial score (nSPS) is 14.4. The van der Waals surface area contributed by atoms with E-state index in [-0.39, 0.29) is 16.3 Å². The molecule has 27 heteroatoms. The predicted octanol–water partition coefficient (Wildman–Crippen LogP) is 8.24. The average molecular weight is 1190 g/mol. The first-order valence-electron chi connectivity index (χ1n) is 20.1. The third-order valence-corrected chi connectivity index (χ3v) is 21.3. The molecule has 0 aliphatic rings. The second-order valence-corrected chi connectivity index (χ2v) is 38.6. The largest absolute Gasteiger partial charge is 0.536 e. The van der Waals surface area contributed by atoms with Gasteiger partial charge in [0, 0.05) is 60.1 Å². The Balaban J connectivity index is 0.000000901. The van der Waals surface area contributed by atoms with Crippen LogP contribution in [-0.2, 0) is 49.0 Å². The summed E-state index contributed by atoms with van der Waals surface area (Å²) in [6, 6.07) is 18.8. The van der Waals surface area contributed by atoms with Gasteiger partial charge in [0.1, 0.15) is 0 Å². The fourth-order valence-corrected chi connectivity index (χ4v) is 12.7. The van der Waals surface area contributed by atoms with E-state index >= 15 is 0 Å². The Hall–Kier alpha value is -1.37.